The van der Waals surface area contributed by atoms with E-state index < -0.39 is 10.0 Å². The molecule has 0 amide bonds. The second-order valence-electron chi connectivity index (χ2n) is 5.32. The molecule has 0 saturated carbocycles. The van der Waals surface area contributed by atoms with Gasteiger partial charge in [0.2, 0.25) is 0 Å². The molecule has 0 aliphatic heterocycles. The Kier molecular flexibility index (Phi) is 3.96. The highest BCUT2D eigenvalue weighted by atomic mass is 32.2. The SMILES string of the molecule is COc1cc(C)ccc1NS(=O)(=O)c1ccc2ccccc2c1. The summed E-state index contributed by atoms with van der Waals surface area (Å²) in [5.41, 5.74) is 1.42. The molecule has 0 saturated heterocycles. The van der Waals surface area contributed by atoms with Crippen LogP contribution in [0.2, 0.25) is 0 Å². The fourth-order valence-corrected chi connectivity index (χ4v) is 3.53. The maximum atomic E-state index is 12.6. The molecule has 1 N–H and O–H groups in total. The highest BCUT2D eigenvalue weighted by Gasteiger charge is 2.17. The molecule has 0 unspecified atom stereocenters. The maximum Gasteiger partial charge on any atom is 0.262 e. The van der Waals surface area contributed by atoms with Crippen LogP contribution in [0.5, 0.6) is 5.75 Å². The van der Waals surface area contributed by atoms with E-state index in [1.54, 1.807) is 30.3 Å². The fraction of sp³-hybridized carbons (Fsp3) is 0.111. The van der Waals surface area contributed by atoms with E-state index in [9.17, 15) is 8.42 Å². The number of aryl methyl sites for hydroxylation is 1. The van der Waals surface area contributed by atoms with Crippen LogP contribution in [-0.2, 0) is 10.0 Å². The molecule has 23 heavy (non-hydrogen) atoms. The van der Waals surface area contributed by atoms with Crippen LogP contribution in [0.1, 0.15) is 5.56 Å². The van der Waals surface area contributed by atoms with Gasteiger partial charge in [-0.2, -0.15) is 0 Å². The average Bonchev–Trinajstić information content (AvgIpc) is 2.55. The van der Waals surface area contributed by atoms with Crippen LogP contribution in [-0.4, -0.2) is 15.5 Å². The van der Waals surface area contributed by atoms with Crippen molar-refractivity contribution in [1.82, 2.24) is 0 Å². The van der Waals surface area contributed by atoms with Crippen LogP contribution in [0.15, 0.2) is 65.6 Å². The Balaban J connectivity index is 2.00. The number of hydrogen-bond acceptors (Lipinski definition) is 3. The summed E-state index contributed by atoms with van der Waals surface area (Å²) in [5.74, 6) is 0.495. The zero-order valence-corrected chi connectivity index (χ0v) is 13.7. The van der Waals surface area contributed by atoms with Crippen molar-refractivity contribution in [3.05, 3.63) is 66.2 Å². The quantitative estimate of drug-likeness (QED) is 0.789. The lowest BCUT2D eigenvalue weighted by molar-refractivity contribution is 0.416. The van der Waals surface area contributed by atoms with Crippen LogP contribution < -0.4 is 9.46 Å². The first-order chi connectivity index (χ1) is 11.0. The summed E-state index contributed by atoms with van der Waals surface area (Å²) in [5, 5.41) is 1.88. The molecule has 0 fully saturated rings. The molecule has 0 radical (unpaired) electrons. The van der Waals surface area contributed by atoms with Gasteiger partial charge in [0.05, 0.1) is 17.7 Å². The van der Waals surface area contributed by atoms with E-state index >= 15 is 0 Å². The Morgan fingerprint density at radius 1 is 0.913 bits per heavy atom. The number of nitrogens with one attached hydrogen (secondary N) is 1. The summed E-state index contributed by atoms with van der Waals surface area (Å²) < 4.78 is 33.1. The minimum absolute atomic E-state index is 0.221. The first-order valence-electron chi connectivity index (χ1n) is 7.16. The minimum atomic E-state index is -3.68. The number of benzene rings is 3. The smallest absolute Gasteiger partial charge is 0.262 e. The summed E-state index contributed by atoms with van der Waals surface area (Å²) in [6, 6.07) is 18.0. The Morgan fingerprint density at radius 2 is 1.65 bits per heavy atom. The lowest BCUT2D eigenvalue weighted by Crippen LogP contribution is -2.13. The summed E-state index contributed by atoms with van der Waals surface area (Å²) >= 11 is 0. The summed E-state index contributed by atoms with van der Waals surface area (Å²) in [4.78, 5) is 0.221. The molecular formula is C18H17NO3S. The van der Waals surface area contributed by atoms with Gasteiger partial charge in [0.15, 0.2) is 0 Å². The molecule has 118 valence electrons. The summed E-state index contributed by atoms with van der Waals surface area (Å²) in [6.45, 7) is 1.92. The topological polar surface area (TPSA) is 55.4 Å². The number of sulfonamides is 1. The third-order valence-corrected chi connectivity index (χ3v) is 5.00. The molecule has 0 heterocycles. The van der Waals surface area contributed by atoms with E-state index in [0.29, 0.717) is 11.4 Å². The van der Waals surface area contributed by atoms with Crippen LogP contribution in [0.4, 0.5) is 5.69 Å². The van der Waals surface area contributed by atoms with E-state index in [2.05, 4.69) is 4.72 Å². The largest absolute Gasteiger partial charge is 0.495 e. The van der Waals surface area contributed by atoms with E-state index in [1.807, 2.05) is 37.3 Å². The standard InChI is InChI=1S/C18H17NO3S/c1-13-7-10-17(18(11-13)22-2)19-23(20,21)16-9-8-14-5-3-4-6-15(14)12-16/h3-12,19H,1-2H3. The van der Waals surface area contributed by atoms with E-state index in [4.69, 9.17) is 4.74 Å². The molecule has 0 aliphatic rings. The summed E-state index contributed by atoms with van der Waals surface area (Å²) in [7, 11) is -2.16. The predicted octanol–water partition coefficient (Wildman–Crippen LogP) is 3.96. The number of hydrogen-bond donors (Lipinski definition) is 1. The third-order valence-electron chi connectivity index (χ3n) is 3.63. The number of anilines is 1. The van der Waals surface area contributed by atoms with E-state index in [-0.39, 0.29) is 4.90 Å². The number of ether oxygens (including phenoxy) is 1. The Bertz CT molecular complexity index is 965. The Hall–Kier alpha value is -2.53. The molecular weight excluding hydrogens is 310 g/mol. The van der Waals surface area contributed by atoms with E-state index in [0.717, 1.165) is 16.3 Å². The van der Waals surface area contributed by atoms with E-state index in [1.165, 1.54) is 7.11 Å². The normalized spacial score (nSPS) is 11.4. The lowest BCUT2D eigenvalue weighted by Gasteiger charge is -2.13. The van der Waals surface area contributed by atoms with Crippen LogP contribution in [0.25, 0.3) is 10.8 Å². The van der Waals surface area contributed by atoms with Crippen molar-refractivity contribution < 1.29 is 13.2 Å². The molecule has 3 aromatic rings. The van der Waals surface area contributed by atoms with Gasteiger partial charge in [0.25, 0.3) is 10.0 Å². The van der Waals surface area contributed by atoms with Crippen molar-refractivity contribution >= 4 is 26.5 Å². The van der Waals surface area contributed by atoms with Gasteiger partial charge in [-0.3, -0.25) is 4.72 Å². The third kappa shape index (κ3) is 3.14. The first kappa shape index (κ1) is 15.4. The highest BCUT2D eigenvalue weighted by molar-refractivity contribution is 7.92. The molecule has 0 bridgehead atoms. The van der Waals surface area contributed by atoms with Gasteiger partial charge in [-0.15, -0.1) is 0 Å². The van der Waals surface area contributed by atoms with Gasteiger partial charge >= 0.3 is 0 Å². The van der Waals surface area contributed by atoms with Gasteiger partial charge in [-0.05, 0) is 47.5 Å². The number of methoxy groups -OCH3 is 1. The van der Waals surface area contributed by atoms with Gasteiger partial charge < -0.3 is 4.74 Å². The molecule has 0 aromatic heterocycles. The second kappa shape index (κ2) is 5.93. The fourth-order valence-electron chi connectivity index (χ4n) is 2.42. The van der Waals surface area contributed by atoms with Crippen molar-refractivity contribution in [2.24, 2.45) is 0 Å². The molecule has 4 nitrogen and oxygen atoms in total. The molecule has 3 aromatic carbocycles. The predicted molar refractivity (Wildman–Crippen MR) is 92.5 cm³/mol. The van der Waals surface area contributed by atoms with Gasteiger partial charge in [0.1, 0.15) is 5.75 Å². The van der Waals surface area contributed by atoms with Gasteiger partial charge in [0, 0.05) is 0 Å². The Morgan fingerprint density at radius 3 is 2.39 bits per heavy atom. The molecule has 3 rings (SSSR count). The number of fused-ring (bicyclic) bond motifs is 1. The zero-order valence-electron chi connectivity index (χ0n) is 12.9. The van der Waals surface area contributed by atoms with Crippen molar-refractivity contribution in [1.29, 1.82) is 0 Å². The molecule has 0 aliphatic carbocycles. The van der Waals surface area contributed by atoms with Crippen molar-refractivity contribution in [3.8, 4) is 5.75 Å². The number of rotatable bonds is 4. The van der Waals surface area contributed by atoms with Crippen LogP contribution in [0.3, 0.4) is 0 Å². The van der Waals surface area contributed by atoms with Crippen molar-refractivity contribution in [2.45, 2.75) is 11.8 Å². The van der Waals surface area contributed by atoms with Crippen molar-refractivity contribution in [2.75, 3.05) is 11.8 Å². The van der Waals surface area contributed by atoms with Crippen LogP contribution >= 0.6 is 0 Å². The maximum absolute atomic E-state index is 12.6. The van der Waals surface area contributed by atoms with Crippen LogP contribution in [0, 0.1) is 6.92 Å². The highest BCUT2D eigenvalue weighted by Crippen LogP contribution is 2.28. The van der Waals surface area contributed by atoms with Gasteiger partial charge in [-0.25, -0.2) is 8.42 Å². The molecule has 5 heteroatoms. The lowest BCUT2D eigenvalue weighted by atomic mass is 10.1. The minimum Gasteiger partial charge on any atom is -0.495 e. The Labute approximate surface area is 135 Å². The monoisotopic (exact) mass is 327 g/mol. The van der Waals surface area contributed by atoms with Gasteiger partial charge in [-0.1, -0.05) is 36.4 Å². The first-order valence-corrected chi connectivity index (χ1v) is 8.64. The molecule has 0 atom stereocenters. The zero-order chi connectivity index (χ0) is 16.4. The second-order valence-corrected chi connectivity index (χ2v) is 7.00. The van der Waals surface area contributed by atoms with Crippen molar-refractivity contribution in [3.63, 3.8) is 0 Å². The molecule has 0 spiro atoms. The average molecular weight is 327 g/mol. The summed E-state index contributed by atoms with van der Waals surface area (Å²) in [6.07, 6.45) is 0.